The zero-order valence-corrected chi connectivity index (χ0v) is 20.9. The molecule has 0 aliphatic rings. The minimum Gasteiger partial charge on any atom is -0.422 e. The maximum atomic E-state index is 12.5. The second-order valence-corrected chi connectivity index (χ2v) is 10.1. The Kier molecular flexibility index (Phi) is 4.86. The average Bonchev–Trinajstić information content (AvgIpc) is 3.58. The molecule has 0 saturated carbocycles. The van der Waals surface area contributed by atoms with Crippen molar-refractivity contribution in [2.24, 2.45) is 0 Å². The summed E-state index contributed by atoms with van der Waals surface area (Å²) in [6.07, 6.45) is 0.565. The molecular weight excluding hydrogens is 540 g/mol. The van der Waals surface area contributed by atoms with Gasteiger partial charge in [-0.3, -0.25) is 0 Å². The van der Waals surface area contributed by atoms with Crippen LogP contribution in [0.15, 0.2) is 97.2 Å². The molecule has 7 aromatic rings. The first-order chi connectivity index (χ1) is 17.6. The number of rotatable bonds is 4. The van der Waals surface area contributed by atoms with Crippen LogP contribution in [-0.2, 0) is 6.42 Å². The average molecular weight is 555 g/mol. The van der Waals surface area contributed by atoms with Gasteiger partial charge in [-0.05, 0) is 45.8 Å². The largest absolute Gasteiger partial charge is 0.422 e. The van der Waals surface area contributed by atoms with Crippen LogP contribution in [-0.4, -0.2) is 19.8 Å². The summed E-state index contributed by atoms with van der Waals surface area (Å²) in [5.74, 6) is 0. The van der Waals surface area contributed by atoms with E-state index in [0.717, 1.165) is 53.4 Å². The monoisotopic (exact) mass is 554 g/mol. The van der Waals surface area contributed by atoms with E-state index >= 15 is 0 Å². The Morgan fingerprint density at radius 1 is 0.917 bits per heavy atom. The first-order valence-corrected chi connectivity index (χ1v) is 12.8. The van der Waals surface area contributed by atoms with Crippen molar-refractivity contribution in [3.05, 3.63) is 105 Å². The van der Waals surface area contributed by atoms with Crippen molar-refractivity contribution in [1.29, 1.82) is 0 Å². The normalized spacial score (nSPS) is 11.7. The third-order valence-electron chi connectivity index (χ3n) is 6.07. The van der Waals surface area contributed by atoms with Crippen LogP contribution in [0, 0.1) is 0 Å². The summed E-state index contributed by atoms with van der Waals surface area (Å²) >= 11 is 5.18. The Labute approximate surface area is 215 Å². The van der Waals surface area contributed by atoms with Crippen molar-refractivity contribution in [1.82, 2.24) is 19.8 Å². The molecule has 7 nitrogen and oxygen atoms in total. The number of para-hydroxylation sites is 2. The van der Waals surface area contributed by atoms with Gasteiger partial charge in [0.15, 0.2) is 5.58 Å². The number of aromatic nitrogens is 4. The molecule has 0 bridgehead atoms. The number of hydrogen-bond donors (Lipinski definition) is 0. The third kappa shape index (κ3) is 3.47. The predicted molar refractivity (Wildman–Crippen MR) is 142 cm³/mol. The molecule has 4 heterocycles. The molecule has 0 unspecified atom stereocenters. The molecule has 174 valence electrons. The summed E-state index contributed by atoms with van der Waals surface area (Å²) in [7, 11) is 0. The van der Waals surface area contributed by atoms with Gasteiger partial charge in [-0.25, -0.2) is 9.78 Å². The van der Waals surface area contributed by atoms with Crippen LogP contribution >= 0.6 is 27.3 Å². The van der Waals surface area contributed by atoms with E-state index in [1.807, 2.05) is 72.8 Å². The van der Waals surface area contributed by atoms with Gasteiger partial charge in [0, 0.05) is 22.8 Å². The minimum atomic E-state index is -0.359. The summed E-state index contributed by atoms with van der Waals surface area (Å²) in [4.78, 5) is 18.1. The fraction of sp³-hybridized carbons (Fsp3) is 0.0370. The lowest BCUT2D eigenvalue weighted by Gasteiger charge is -2.04. The lowest BCUT2D eigenvalue weighted by Crippen LogP contribution is -2.02. The van der Waals surface area contributed by atoms with Crippen molar-refractivity contribution in [3.63, 3.8) is 0 Å². The number of nitrogens with zero attached hydrogens (tertiary/aromatic N) is 4. The molecule has 0 saturated heterocycles. The van der Waals surface area contributed by atoms with Crippen LogP contribution in [0.5, 0.6) is 0 Å². The fourth-order valence-electron chi connectivity index (χ4n) is 4.30. The lowest BCUT2D eigenvalue weighted by atomic mass is 10.0. The smallest absolute Gasteiger partial charge is 0.344 e. The molecule has 0 spiro atoms. The first kappa shape index (κ1) is 21.2. The molecule has 0 N–H and O–H groups in total. The second-order valence-electron chi connectivity index (χ2n) is 8.31. The first-order valence-electron chi connectivity index (χ1n) is 11.1. The highest BCUT2D eigenvalue weighted by molar-refractivity contribution is 9.10. The van der Waals surface area contributed by atoms with E-state index in [2.05, 4.69) is 21.1 Å². The number of fused-ring (bicyclic) bond motifs is 3. The van der Waals surface area contributed by atoms with Gasteiger partial charge < -0.3 is 8.94 Å². The molecule has 0 radical (unpaired) electrons. The Morgan fingerprint density at radius 3 is 2.50 bits per heavy atom. The van der Waals surface area contributed by atoms with E-state index in [9.17, 15) is 4.79 Å². The Balaban J connectivity index is 1.20. The van der Waals surface area contributed by atoms with Gasteiger partial charge in [0.2, 0.25) is 4.96 Å². The lowest BCUT2D eigenvalue weighted by molar-refractivity contribution is 0.448. The molecule has 0 fully saturated rings. The molecular formula is C27H15BrN4O3S. The van der Waals surface area contributed by atoms with Gasteiger partial charge in [-0.2, -0.15) is 9.61 Å². The molecule has 9 heteroatoms. The Hall–Kier alpha value is -4.08. The topological polar surface area (TPSA) is 86.4 Å². The highest BCUT2D eigenvalue weighted by Gasteiger charge is 2.18. The van der Waals surface area contributed by atoms with Crippen molar-refractivity contribution in [2.45, 2.75) is 6.42 Å². The van der Waals surface area contributed by atoms with Crippen LogP contribution < -0.4 is 5.63 Å². The summed E-state index contributed by atoms with van der Waals surface area (Å²) in [6, 6.07) is 24.9. The van der Waals surface area contributed by atoms with Gasteiger partial charge in [0.25, 0.3) is 0 Å². The van der Waals surface area contributed by atoms with Crippen molar-refractivity contribution in [2.75, 3.05) is 0 Å². The molecule has 7 rings (SSSR count). The van der Waals surface area contributed by atoms with E-state index in [0.29, 0.717) is 17.6 Å². The van der Waals surface area contributed by atoms with Crippen LogP contribution in [0.3, 0.4) is 0 Å². The molecule has 0 atom stereocenters. The van der Waals surface area contributed by atoms with Crippen LogP contribution in [0.1, 0.15) is 10.7 Å². The molecule has 0 amide bonds. The zero-order valence-electron chi connectivity index (χ0n) is 18.5. The van der Waals surface area contributed by atoms with E-state index in [-0.39, 0.29) is 5.63 Å². The molecule has 3 aromatic carbocycles. The summed E-state index contributed by atoms with van der Waals surface area (Å²) < 4.78 is 13.5. The standard InChI is InChI=1S/C27H15BrN4O3S/c28-25-24(16-11-9-15(10-12-16)19-13-17-5-1-3-7-21(17)34-26(19)33)29-27-32(25)30-23(36-27)14-20-18-6-2-4-8-22(18)35-31-20/h1-13H,14H2. The summed E-state index contributed by atoms with van der Waals surface area (Å²) in [5.41, 5.74) is 4.85. The van der Waals surface area contributed by atoms with E-state index in [1.165, 1.54) is 11.3 Å². The van der Waals surface area contributed by atoms with Crippen LogP contribution in [0.4, 0.5) is 0 Å². The fourth-order valence-corrected chi connectivity index (χ4v) is 5.88. The molecule has 4 aromatic heterocycles. The van der Waals surface area contributed by atoms with Gasteiger partial charge in [0.1, 0.15) is 20.9 Å². The van der Waals surface area contributed by atoms with E-state index in [4.69, 9.17) is 19.0 Å². The molecule has 0 aliphatic carbocycles. The minimum absolute atomic E-state index is 0.359. The van der Waals surface area contributed by atoms with Crippen LogP contribution in [0.2, 0.25) is 0 Å². The third-order valence-corrected chi connectivity index (χ3v) is 7.69. The van der Waals surface area contributed by atoms with Gasteiger partial charge in [-0.15, -0.1) is 0 Å². The predicted octanol–water partition coefficient (Wildman–Crippen LogP) is 6.73. The van der Waals surface area contributed by atoms with E-state index in [1.54, 1.807) is 10.6 Å². The van der Waals surface area contributed by atoms with E-state index < -0.39 is 0 Å². The summed E-state index contributed by atoms with van der Waals surface area (Å²) in [6.45, 7) is 0. The molecule has 0 aliphatic heterocycles. The van der Waals surface area contributed by atoms with Gasteiger partial charge in [-0.1, -0.05) is 71.1 Å². The van der Waals surface area contributed by atoms with Crippen molar-refractivity contribution in [3.8, 4) is 22.4 Å². The summed E-state index contributed by atoms with van der Waals surface area (Å²) in [5, 5.41) is 11.7. The number of benzene rings is 3. The maximum absolute atomic E-state index is 12.5. The highest BCUT2D eigenvalue weighted by Crippen LogP contribution is 2.33. The van der Waals surface area contributed by atoms with Gasteiger partial charge in [0.05, 0.1) is 11.3 Å². The SMILES string of the molecule is O=c1oc2ccccc2cc1-c1ccc(-c2nc3sc(Cc4noc5ccccc45)nn3c2Br)cc1. The van der Waals surface area contributed by atoms with Crippen LogP contribution in [0.25, 0.3) is 49.3 Å². The Morgan fingerprint density at radius 2 is 1.67 bits per heavy atom. The quantitative estimate of drug-likeness (QED) is 0.224. The van der Waals surface area contributed by atoms with Crippen molar-refractivity contribution < 1.29 is 8.94 Å². The number of hydrogen-bond acceptors (Lipinski definition) is 7. The zero-order chi connectivity index (χ0) is 24.2. The maximum Gasteiger partial charge on any atom is 0.344 e. The number of halogens is 1. The Bertz CT molecular complexity index is 1970. The second kappa shape index (κ2) is 8.25. The highest BCUT2D eigenvalue weighted by atomic mass is 79.9. The molecule has 36 heavy (non-hydrogen) atoms. The number of imidazole rings is 1. The van der Waals surface area contributed by atoms with Gasteiger partial charge >= 0.3 is 5.63 Å². The van der Waals surface area contributed by atoms with Crippen molar-refractivity contribution >= 4 is 54.2 Å².